The van der Waals surface area contributed by atoms with E-state index in [1.807, 2.05) is 12.1 Å². The predicted octanol–water partition coefficient (Wildman–Crippen LogP) is 2.27. The van der Waals surface area contributed by atoms with Crippen LogP contribution in [0.15, 0.2) is 36.4 Å². The number of fused-ring (bicyclic) bond motifs is 1. The summed E-state index contributed by atoms with van der Waals surface area (Å²) < 4.78 is 0. The smallest absolute Gasteiger partial charge is 0.123 e. The highest BCUT2D eigenvalue weighted by molar-refractivity contribution is 6.10. The van der Waals surface area contributed by atoms with Gasteiger partial charge in [0.1, 0.15) is 5.84 Å². The maximum atomic E-state index is 7.74. The van der Waals surface area contributed by atoms with Crippen LogP contribution in [0.25, 0.3) is 10.8 Å². The molecule has 4 nitrogen and oxygen atoms in total. The molecule has 0 aromatic heterocycles. The fourth-order valence-electron chi connectivity index (χ4n) is 3.10. The lowest BCUT2D eigenvalue weighted by Crippen LogP contribution is -2.46. The van der Waals surface area contributed by atoms with Crippen molar-refractivity contribution in [3.05, 3.63) is 42.0 Å². The summed E-state index contributed by atoms with van der Waals surface area (Å²) in [7, 11) is 0. The minimum absolute atomic E-state index is 0.133. The maximum Gasteiger partial charge on any atom is 0.123 e. The van der Waals surface area contributed by atoms with E-state index in [1.54, 1.807) is 0 Å². The number of piperazine rings is 1. The normalized spacial score (nSPS) is 16.3. The molecule has 1 saturated heterocycles. The van der Waals surface area contributed by atoms with Crippen molar-refractivity contribution in [1.82, 2.24) is 4.90 Å². The number of amidine groups is 1. The van der Waals surface area contributed by atoms with Gasteiger partial charge >= 0.3 is 0 Å². The largest absolute Gasteiger partial charge is 0.384 e. The number of rotatable bonds is 3. The summed E-state index contributed by atoms with van der Waals surface area (Å²) in [4.78, 5) is 4.92. The van der Waals surface area contributed by atoms with Crippen LogP contribution >= 0.6 is 0 Å². The molecule has 1 heterocycles. The molecule has 1 fully saturated rings. The van der Waals surface area contributed by atoms with Crippen LogP contribution in [0.5, 0.6) is 0 Å². The molecule has 4 heteroatoms. The highest BCUT2D eigenvalue weighted by Gasteiger charge is 2.18. The van der Waals surface area contributed by atoms with E-state index in [-0.39, 0.29) is 5.84 Å². The first-order valence-electron chi connectivity index (χ1n) is 7.54. The Kier molecular flexibility index (Phi) is 3.80. The van der Waals surface area contributed by atoms with E-state index in [0.717, 1.165) is 43.7 Å². The second-order valence-electron chi connectivity index (χ2n) is 5.51. The van der Waals surface area contributed by atoms with Gasteiger partial charge in [0.2, 0.25) is 0 Å². The van der Waals surface area contributed by atoms with Gasteiger partial charge < -0.3 is 15.5 Å². The van der Waals surface area contributed by atoms with Crippen LogP contribution in [-0.2, 0) is 0 Å². The van der Waals surface area contributed by atoms with Crippen LogP contribution in [0.2, 0.25) is 0 Å². The van der Waals surface area contributed by atoms with Crippen molar-refractivity contribution in [1.29, 1.82) is 5.41 Å². The molecule has 0 spiro atoms. The average molecular weight is 282 g/mol. The SMILES string of the molecule is CCN1CCN(c2ccc(C(=N)N)c3ccccc23)CC1. The third kappa shape index (κ3) is 2.59. The molecule has 3 N–H and O–H groups in total. The zero-order valence-corrected chi connectivity index (χ0v) is 12.5. The highest BCUT2D eigenvalue weighted by atomic mass is 15.3. The topological polar surface area (TPSA) is 56.4 Å². The number of anilines is 1. The summed E-state index contributed by atoms with van der Waals surface area (Å²) in [5.41, 5.74) is 7.78. The van der Waals surface area contributed by atoms with Gasteiger partial charge in [-0.15, -0.1) is 0 Å². The van der Waals surface area contributed by atoms with Gasteiger partial charge in [0.05, 0.1) is 0 Å². The second kappa shape index (κ2) is 5.74. The Morgan fingerprint density at radius 1 is 1.05 bits per heavy atom. The predicted molar refractivity (Wildman–Crippen MR) is 89.3 cm³/mol. The molecular formula is C17H22N4. The molecular weight excluding hydrogens is 260 g/mol. The summed E-state index contributed by atoms with van der Waals surface area (Å²) in [5, 5.41) is 10.0. The lowest BCUT2D eigenvalue weighted by Gasteiger charge is -2.36. The number of nitrogen functional groups attached to an aromatic ring is 1. The van der Waals surface area contributed by atoms with Crippen molar-refractivity contribution in [2.24, 2.45) is 5.73 Å². The minimum atomic E-state index is 0.133. The third-order valence-electron chi connectivity index (χ3n) is 4.35. The molecule has 0 aliphatic carbocycles. The number of nitrogens with zero attached hydrogens (tertiary/aromatic N) is 2. The molecule has 2 aromatic rings. The maximum absolute atomic E-state index is 7.74. The molecule has 0 bridgehead atoms. The monoisotopic (exact) mass is 282 g/mol. The van der Waals surface area contributed by atoms with Crippen molar-refractivity contribution in [2.45, 2.75) is 6.92 Å². The standard InChI is InChI=1S/C17H22N4/c1-2-20-9-11-21(12-10-20)16-8-7-15(17(18)19)13-5-3-4-6-14(13)16/h3-8H,2,9-12H2,1H3,(H3,18,19). The first-order valence-corrected chi connectivity index (χ1v) is 7.54. The van der Waals surface area contributed by atoms with Crippen LogP contribution < -0.4 is 10.6 Å². The Morgan fingerprint density at radius 2 is 1.71 bits per heavy atom. The lowest BCUT2D eigenvalue weighted by molar-refractivity contribution is 0.271. The van der Waals surface area contributed by atoms with Crippen LogP contribution in [0.4, 0.5) is 5.69 Å². The molecule has 2 aromatic carbocycles. The fourth-order valence-corrected chi connectivity index (χ4v) is 3.10. The molecule has 3 rings (SSSR count). The number of benzene rings is 2. The molecule has 110 valence electrons. The van der Waals surface area contributed by atoms with Gasteiger partial charge in [-0.25, -0.2) is 0 Å². The fraction of sp³-hybridized carbons (Fsp3) is 0.353. The first-order chi connectivity index (χ1) is 10.2. The number of hydrogen-bond acceptors (Lipinski definition) is 3. The van der Waals surface area contributed by atoms with Crippen molar-refractivity contribution in [3.8, 4) is 0 Å². The number of nitrogens with two attached hydrogens (primary N) is 1. The molecule has 0 unspecified atom stereocenters. The Bertz CT molecular complexity index is 657. The van der Waals surface area contributed by atoms with Gasteiger partial charge in [-0.3, -0.25) is 5.41 Å². The van der Waals surface area contributed by atoms with Crippen molar-refractivity contribution < 1.29 is 0 Å². The van der Waals surface area contributed by atoms with Gasteiger partial charge in [0.25, 0.3) is 0 Å². The molecule has 21 heavy (non-hydrogen) atoms. The molecule has 0 radical (unpaired) electrons. The van der Waals surface area contributed by atoms with Crippen LogP contribution in [-0.4, -0.2) is 43.5 Å². The van der Waals surface area contributed by atoms with Crippen LogP contribution in [0, 0.1) is 5.41 Å². The highest BCUT2D eigenvalue weighted by Crippen LogP contribution is 2.30. The van der Waals surface area contributed by atoms with E-state index in [1.165, 1.54) is 11.1 Å². The summed E-state index contributed by atoms with van der Waals surface area (Å²) in [6.07, 6.45) is 0. The van der Waals surface area contributed by atoms with Crippen LogP contribution in [0.1, 0.15) is 12.5 Å². The van der Waals surface area contributed by atoms with Gasteiger partial charge in [-0.1, -0.05) is 31.2 Å². The van der Waals surface area contributed by atoms with Crippen molar-refractivity contribution >= 4 is 22.3 Å². The van der Waals surface area contributed by atoms with E-state index in [2.05, 4.69) is 41.0 Å². The summed E-state index contributed by atoms with van der Waals surface area (Å²) in [6.45, 7) is 7.66. The van der Waals surface area contributed by atoms with Gasteiger partial charge in [0.15, 0.2) is 0 Å². The Morgan fingerprint density at radius 3 is 2.33 bits per heavy atom. The molecule has 0 atom stereocenters. The van der Waals surface area contributed by atoms with Crippen LogP contribution in [0.3, 0.4) is 0 Å². The quantitative estimate of drug-likeness (QED) is 0.670. The summed E-state index contributed by atoms with van der Waals surface area (Å²) in [6, 6.07) is 12.3. The van der Waals surface area contributed by atoms with E-state index in [4.69, 9.17) is 11.1 Å². The number of hydrogen-bond donors (Lipinski definition) is 2. The number of nitrogens with one attached hydrogen (secondary N) is 1. The summed E-state index contributed by atoms with van der Waals surface area (Å²) in [5.74, 6) is 0.133. The van der Waals surface area contributed by atoms with Gasteiger partial charge in [0, 0.05) is 42.8 Å². The van der Waals surface area contributed by atoms with Crippen molar-refractivity contribution in [3.63, 3.8) is 0 Å². The second-order valence-corrected chi connectivity index (χ2v) is 5.51. The van der Waals surface area contributed by atoms with Crippen molar-refractivity contribution in [2.75, 3.05) is 37.6 Å². The Balaban J connectivity index is 2.00. The molecule has 0 saturated carbocycles. The molecule has 1 aliphatic heterocycles. The summed E-state index contributed by atoms with van der Waals surface area (Å²) >= 11 is 0. The Hall–Kier alpha value is -2.07. The zero-order chi connectivity index (χ0) is 14.8. The van der Waals surface area contributed by atoms with Gasteiger partial charge in [-0.05, 0) is 24.1 Å². The molecule has 0 amide bonds. The van der Waals surface area contributed by atoms with E-state index in [0.29, 0.717) is 0 Å². The van der Waals surface area contributed by atoms with E-state index in [9.17, 15) is 0 Å². The van der Waals surface area contributed by atoms with Gasteiger partial charge in [-0.2, -0.15) is 0 Å². The Labute approximate surface area is 125 Å². The third-order valence-corrected chi connectivity index (χ3v) is 4.35. The lowest BCUT2D eigenvalue weighted by atomic mass is 10.0. The number of likely N-dealkylation sites (N-methyl/N-ethyl adjacent to an activating group) is 1. The minimum Gasteiger partial charge on any atom is -0.384 e. The van der Waals surface area contributed by atoms with E-state index >= 15 is 0 Å². The first kappa shape index (κ1) is 13.9. The van der Waals surface area contributed by atoms with E-state index < -0.39 is 0 Å². The molecule has 1 aliphatic rings. The average Bonchev–Trinajstić information content (AvgIpc) is 2.54. The zero-order valence-electron chi connectivity index (χ0n) is 12.5.